The normalized spacial score (nSPS) is 9.29. The summed E-state index contributed by atoms with van der Waals surface area (Å²) in [6.07, 6.45) is 0.561. The van der Waals surface area contributed by atoms with Gasteiger partial charge in [0, 0.05) is 5.69 Å². The number of aryl methyl sites for hydroxylation is 1. The average molecular weight is 193 g/mol. The number of carbonyl (C=O) groups excluding carboxylic acids is 2. The molecule has 4 nitrogen and oxygen atoms in total. The fourth-order valence-electron chi connectivity index (χ4n) is 1.11. The van der Waals surface area contributed by atoms with Gasteiger partial charge < -0.3 is 10.1 Å². The van der Waals surface area contributed by atoms with Crippen molar-refractivity contribution in [1.29, 1.82) is 0 Å². The number of amides is 1. The summed E-state index contributed by atoms with van der Waals surface area (Å²) >= 11 is 0. The largest absolute Gasteiger partial charge is 0.465 e. The van der Waals surface area contributed by atoms with E-state index in [4.69, 9.17) is 0 Å². The molecule has 1 rings (SSSR count). The van der Waals surface area contributed by atoms with Gasteiger partial charge in [0.1, 0.15) is 0 Å². The van der Waals surface area contributed by atoms with Gasteiger partial charge in [0.2, 0.25) is 6.41 Å². The second-order valence-corrected chi connectivity index (χ2v) is 2.78. The second kappa shape index (κ2) is 4.41. The van der Waals surface area contributed by atoms with Crippen molar-refractivity contribution in [2.45, 2.75) is 6.92 Å². The van der Waals surface area contributed by atoms with Gasteiger partial charge in [-0.3, -0.25) is 4.79 Å². The number of methoxy groups -OCH3 is 1. The molecule has 74 valence electrons. The highest BCUT2D eigenvalue weighted by Crippen LogP contribution is 2.15. The summed E-state index contributed by atoms with van der Waals surface area (Å²) in [5.41, 5.74) is 1.85. The summed E-state index contributed by atoms with van der Waals surface area (Å²) in [5, 5.41) is 2.47. The lowest BCUT2D eigenvalue weighted by atomic mass is 10.1. The minimum Gasteiger partial charge on any atom is -0.465 e. The van der Waals surface area contributed by atoms with Crippen molar-refractivity contribution < 1.29 is 14.3 Å². The average Bonchev–Trinajstić information content (AvgIpc) is 2.20. The molecule has 14 heavy (non-hydrogen) atoms. The molecule has 0 unspecified atom stereocenters. The van der Waals surface area contributed by atoms with Gasteiger partial charge in [-0.2, -0.15) is 0 Å². The Hall–Kier alpha value is -1.84. The van der Waals surface area contributed by atoms with E-state index in [0.717, 1.165) is 5.56 Å². The molecule has 0 fully saturated rings. The molecule has 0 aliphatic rings. The number of anilines is 1. The fraction of sp³-hybridized carbons (Fsp3) is 0.200. The van der Waals surface area contributed by atoms with Crippen LogP contribution in [0.1, 0.15) is 15.9 Å². The van der Waals surface area contributed by atoms with Gasteiger partial charge in [-0.05, 0) is 24.6 Å². The van der Waals surface area contributed by atoms with E-state index in [1.807, 2.05) is 0 Å². The Balaban J connectivity index is 3.07. The molecule has 1 N–H and O–H groups in total. The van der Waals surface area contributed by atoms with Crippen LogP contribution in [-0.2, 0) is 9.53 Å². The lowest BCUT2D eigenvalue weighted by Crippen LogP contribution is -2.05. The van der Waals surface area contributed by atoms with E-state index in [1.54, 1.807) is 25.1 Å². The molecule has 0 radical (unpaired) electrons. The number of benzene rings is 1. The van der Waals surface area contributed by atoms with E-state index in [0.29, 0.717) is 17.7 Å². The molecule has 4 heteroatoms. The Morgan fingerprint density at radius 1 is 1.50 bits per heavy atom. The van der Waals surface area contributed by atoms with Gasteiger partial charge in [0.05, 0.1) is 12.7 Å². The Morgan fingerprint density at radius 2 is 2.21 bits per heavy atom. The van der Waals surface area contributed by atoms with Crippen molar-refractivity contribution in [2.75, 3.05) is 12.4 Å². The minimum absolute atomic E-state index is 0.406. The molecule has 0 spiro atoms. The second-order valence-electron chi connectivity index (χ2n) is 2.78. The summed E-state index contributed by atoms with van der Waals surface area (Å²) in [5.74, 6) is -0.406. The summed E-state index contributed by atoms with van der Waals surface area (Å²) in [4.78, 5) is 21.4. The lowest BCUT2D eigenvalue weighted by molar-refractivity contribution is -0.105. The van der Waals surface area contributed by atoms with Crippen LogP contribution in [0.5, 0.6) is 0 Å². The predicted molar refractivity (Wildman–Crippen MR) is 52.2 cm³/mol. The first-order chi connectivity index (χ1) is 6.69. The maximum absolute atomic E-state index is 11.3. The molecular weight excluding hydrogens is 182 g/mol. The monoisotopic (exact) mass is 193 g/mol. The van der Waals surface area contributed by atoms with Gasteiger partial charge in [-0.15, -0.1) is 0 Å². The summed E-state index contributed by atoms with van der Waals surface area (Å²) in [6.45, 7) is 1.80. The molecule has 0 heterocycles. The Morgan fingerprint density at radius 3 is 2.79 bits per heavy atom. The van der Waals surface area contributed by atoms with Crippen molar-refractivity contribution in [2.24, 2.45) is 0 Å². The van der Waals surface area contributed by atoms with Crippen molar-refractivity contribution in [3.8, 4) is 0 Å². The van der Waals surface area contributed by atoms with E-state index >= 15 is 0 Å². The van der Waals surface area contributed by atoms with Gasteiger partial charge in [-0.25, -0.2) is 4.79 Å². The van der Waals surface area contributed by atoms with Crippen LogP contribution >= 0.6 is 0 Å². The van der Waals surface area contributed by atoms with E-state index in [-0.39, 0.29) is 0 Å². The highest BCUT2D eigenvalue weighted by molar-refractivity contribution is 5.92. The zero-order valence-electron chi connectivity index (χ0n) is 8.03. The topological polar surface area (TPSA) is 55.4 Å². The molecule has 0 aliphatic carbocycles. The van der Waals surface area contributed by atoms with Gasteiger partial charge >= 0.3 is 5.97 Å². The van der Waals surface area contributed by atoms with Crippen LogP contribution in [0.4, 0.5) is 5.69 Å². The summed E-state index contributed by atoms with van der Waals surface area (Å²) < 4.78 is 4.60. The van der Waals surface area contributed by atoms with Gasteiger partial charge in [-0.1, -0.05) is 6.07 Å². The zero-order chi connectivity index (χ0) is 10.6. The molecule has 1 aromatic carbocycles. The van der Waals surface area contributed by atoms with Crippen LogP contribution in [0.3, 0.4) is 0 Å². The van der Waals surface area contributed by atoms with Crippen LogP contribution in [0.2, 0.25) is 0 Å². The number of nitrogens with one attached hydrogen (secondary N) is 1. The van der Waals surface area contributed by atoms with Crippen molar-refractivity contribution in [3.63, 3.8) is 0 Å². The van der Waals surface area contributed by atoms with E-state index in [1.165, 1.54) is 7.11 Å². The third kappa shape index (κ3) is 2.10. The highest BCUT2D eigenvalue weighted by Gasteiger charge is 2.09. The van der Waals surface area contributed by atoms with Crippen LogP contribution in [0.15, 0.2) is 18.2 Å². The molecule has 1 amide bonds. The third-order valence-corrected chi connectivity index (χ3v) is 1.87. The Kier molecular flexibility index (Phi) is 3.23. The standard InChI is InChI=1S/C10H11NO3/c1-7-3-4-8(11-6-12)5-9(7)10(13)14-2/h3-6H,1-2H3,(H,11,12). The zero-order valence-corrected chi connectivity index (χ0v) is 8.03. The number of esters is 1. The maximum atomic E-state index is 11.3. The van der Waals surface area contributed by atoms with E-state index < -0.39 is 5.97 Å². The van der Waals surface area contributed by atoms with Gasteiger partial charge in [0.25, 0.3) is 0 Å². The van der Waals surface area contributed by atoms with E-state index in [9.17, 15) is 9.59 Å². The molecule has 0 aliphatic heterocycles. The number of hydrogen-bond acceptors (Lipinski definition) is 3. The number of ether oxygens (including phenoxy) is 1. The fourth-order valence-corrected chi connectivity index (χ4v) is 1.11. The first kappa shape index (κ1) is 10.2. The summed E-state index contributed by atoms with van der Waals surface area (Å²) in [6, 6.07) is 5.05. The van der Waals surface area contributed by atoms with Crippen LogP contribution < -0.4 is 5.32 Å². The molecule has 0 saturated heterocycles. The Labute approximate surface area is 81.9 Å². The number of rotatable bonds is 3. The lowest BCUT2D eigenvalue weighted by Gasteiger charge is -2.05. The van der Waals surface area contributed by atoms with Crippen LogP contribution in [0, 0.1) is 6.92 Å². The quantitative estimate of drug-likeness (QED) is 0.582. The Bertz CT molecular complexity index is 360. The van der Waals surface area contributed by atoms with Crippen molar-refractivity contribution in [3.05, 3.63) is 29.3 Å². The first-order valence-corrected chi connectivity index (χ1v) is 4.08. The van der Waals surface area contributed by atoms with Crippen LogP contribution in [0.25, 0.3) is 0 Å². The minimum atomic E-state index is -0.406. The number of carbonyl (C=O) groups is 2. The molecule has 1 aromatic rings. The highest BCUT2D eigenvalue weighted by atomic mass is 16.5. The molecular formula is C10H11NO3. The predicted octanol–water partition coefficient (Wildman–Crippen LogP) is 1.35. The first-order valence-electron chi connectivity index (χ1n) is 4.08. The number of hydrogen-bond donors (Lipinski definition) is 1. The van der Waals surface area contributed by atoms with Crippen LogP contribution in [-0.4, -0.2) is 19.5 Å². The molecule has 0 atom stereocenters. The smallest absolute Gasteiger partial charge is 0.338 e. The van der Waals surface area contributed by atoms with Crippen molar-refractivity contribution >= 4 is 18.1 Å². The van der Waals surface area contributed by atoms with E-state index in [2.05, 4.69) is 10.1 Å². The third-order valence-electron chi connectivity index (χ3n) is 1.87. The molecule has 0 saturated carbocycles. The summed E-state index contributed by atoms with van der Waals surface area (Å²) in [7, 11) is 1.32. The van der Waals surface area contributed by atoms with Crippen molar-refractivity contribution in [1.82, 2.24) is 0 Å². The maximum Gasteiger partial charge on any atom is 0.338 e. The SMILES string of the molecule is COC(=O)c1cc(NC=O)ccc1C. The molecule has 0 bridgehead atoms. The van der Waals surface area contributed by atoms with Gasteiger partial charge in [0.15, 0.2) is 0 Å². The molecule has 0 aromatic heterocycles.